The van der Waals surface area contributed by atoms with Crippen LogP contribution in [0.3, 0.4) is 0 Å². The minimum Gasteiger partial charge on any atom is -0.494 e. The van der Waals surface area contributed by atoms with Crippen molar-refractivity contribution in [3.63, 3.8) is 0 Å². The number of rotatable bonds is 6. The van der Waals surface area contributed by atoms with E-state index >= 15 is 0 Å². The van der Waals surface area contributed by atoms with Gasteiger partial charge in [0, 0.05) is 34.2 Å². The van der Waals surface area contributed by atoms with E-state index in [4.69, 9.17) is 30.2 Å². The standard InChI is InChI=1S/C24H19ClN2O6/c1-30-21-9-6-16(27(28)29)12-19(21)26-18-13-23(33-20-8-5-15(25)11-17(18)20)14-4-7-22(31-2)24(10-14)32-3/h4-13H,1-3H3. The summed E-state index contributed by atoms with van der Waals surface area (Å²) in [4.78, 5) is 15.5. The predicted molar refractivity (Wildman–Crippen MR) is 125 cm³/mol. The van der Waals surface area contributed by atoms with Crippen molar-refractivity contribution in [1.29, 1.82) is 0 Å². The first kappa shape index (κ1) is 22.2. The lowest BCUT2D eigenvalue weighted by Crippen LogP contribution is -2.04. The Morgan fingerprint density at radius 1 is 0.879 bits per heavy atom. The van der Waals surface area contributed by atoms with Gasteiger partial charge in [-0.25, -0.2) is 4.99 Å². The van der Waals surface area contributed by atoms with Gasteiger partial charge in [-0.3, -0.25) is 10.1 Å². The van der Waals surface area contributed by atoms with Crippen LogP contribution in [0.5, 0.6) is 17.2 Å². The Bertz CT molecular complexity index is 1430. The number of ether oxygens (including phenoxy) is 3. The number of benzene rings is 3. The second-order valence-corrected chi connectivity index (χ2v) is 7.37. The van der Waals surface area contributed by atoms with Gasteiger partial charge in [-0.1, -0.05) is 11.6 Å². The number of nitro benzene ring substituents is 1. The molecular weight excluding hydrogens is 448 g/mol. The van der Waals surface area contributed by atoms with Crippen LogP contribution in [-0.4, -0.2) is 26.3 Å². The molecule has 0 aliphatic heterocycles. The largest absolute Gasteiger partial charge is 0.494 e. The van der Waals surface area contributed by atoms with Crippen LogP contribution in [0, 0.1) is 10.1 Å². The summed E-state index contributed by atoms with van der Waals surface area (Å²) in [6.45, 7) is 0. The van der Waals surface area contributed by atoms with Gasteiger partial charge < -0.3 is 18.6 Å². The number of fused-ring (bicyclic) bond motifs is 1. The number of halogens is 1. The van der Waals surface area contributed by atoms with E-state index in [-0.39, 0.29) is 5.69 Å². The van der Waals surface area contributed by atoms with E-state index < -0.39 is 4.92 Å². The van der Waals surface area contributed by atoms with Crippen LogP contribution >= 0.6 is 11.6 Å². The normalized spacial score (nSPS) is 11.5. The first-order valence-electron chi connectivity index (χ1n) is 9.76. The van der Waals surface area contributed by atoms with Crippen molar-refractivity contribution in [2.45, 2.75) is 0 Å². The Balaban J connectivity index is 2.00. The van der Waals surface area contributed by atoms with Gasteiger partial charge in [0.1, 0.15) is 22.8 Å². The van der Waals surface area contributed by atoms with Crippen LogP contribution < -0.4 is 19.6 Å². The van der Waals surface area contributed by atoms with Crippen molar-refractivity contribution in [2.75, 3.05) is 21.3 Å². The fraction of sp³-hybridized carbons (Fsp3) is 0.125. The minimum atomic E-state index is -0.483. The molecule has 0 aliphatic carbocycles. The highest BCUT2D eigenvalue weighted by Gasteiger charge is 2.14. The van der Waals surface area contributed by atoms with E-state index in [1.54, 1.807) is 50.6 Å². The maximum atomic E-state index is 11.3. The van der Waals surface area contributed by atoms with Crippen LogP contribution in [-0.2, 0) is 0 Å². The maximum Gasteiger partial charge on any atom is 0.271 e. The highest BCUT2D eigenvalue weighted by atomic mass is 35.5. The third-order valence-corrected chi connectivity index (χ3v) is 5.22. The summed E-state index contributed by atoms with van der Waals surface area (Å²) in [5, 5.41) is 12.9. The smallest absolute Gasteiger partial charge is 0.271 e. The molecule has 0 bridgehead atoms. The molecule has 0 saturated carbocycles. The molecule has 4 aromatic rings. The Labute approximate surface area is 193 Å². The van der Waals surface area contributed by atoms with Crippen molar-refractivity contribution in [1.82, 2.24) is 0 Å². The molecule has 0 N–H and O–H groups in total. The van der Waals surface area contributed by atoms with Crippen molar-refractivity contribution in [3.8, 4) is 28.6 Å². The van der Waals surface area contributed by atoms with Crippen molar-refractivity contribution in [3.05, 3.63) is 81.2 Å². The topological polar surface area (TPSA) is 96.3 Å². The van der Waals surface area contributed by atoms with Gasteiger partial charge in [0.05, 0.1) is 31.6 Å². The summed E-state index contributed by atoms with van der Waals surface area (Å²) in [5.41, 5.74) is 1.47. The van der Waals surface area contributed by atoms with E-state index in [2.05, 4.69) is 4.99 Å². The van der Waals surface area contributed by atoms with E-state index in [1.165, 1.54) is 25.3 Å². The lowest BCUT2D eigenvalue weighted by Gasteiger charge is -2.10. The molecule has 0 radical (unpaired) electrons. The van der Waals surface area contributed by atoms with E-state index in [9.17, 15) is 10.1 Å². The third kappa shape index (κ3) is 4.47. The Morgan fingerprint density at radius 2 is 1.61 bits per heavy atom. The molecule has 33 heavy (non-hydrogen) atoms. The molecule has 1 aromatic heterocycles. The fourth-order valence-electron chi connectivity index (χ4n) is 3.37. The maximum absolute atomic E-state index is 11.3. The van der Waals surface area contributed by atoms with Gasteiger partial charge in [-0.05, 0) is 42.5 Å². The molecule has 0 unspecified atom stereocenters. The average Bonchev–Trinajstić information content (AvgIpc) is 2.83. The molecule has 0 saturated heterocycles. The predicted octanol–water partition coefficient (Wildman–Crippen LogP) is 5.92. The van der Waals surface area contributed by atoms with E-state index in [1.807, 2.05) is 6.07 Å². The molecule has 0 atom stereocenters. The fourth-order valence-corrected chi connectivity index (χ4v) is 3.55. The van der Waals surface area contributed by atoms with Crippen LogP contribution in [0.25, 0.3) is 22.3 Å². The van der Waals surface area contributed by atoms with Gasteiger partial charge in [0.15, 0.2) is 11.5 Å². The van der Waals surface area contributed by atoms with Gasteiger partial charge in [-0.2, -0.15) is 0 Å². The molecule has 0 spiro atoms. The van der Waals surface area contributed by atoms with Crippen molar-refractivity contribution < 1.29 is 23.6 Å². The summed E-state index contributed by atoms with van der Waals surface area (Å²) >= 11 is 6.22. The summed E-state index contributed by atoms with van der Waals surface area (Å²) in [6.07, 6.45) is 0. The zero-order valence-corrected chi connectivity index (χ0v) is 18.8. The number of nitrogens with zero attached hydrogens (tertiary/aromatic N) is 2. The van der Waals surface area contributed by atoms with Gasteiger partial charge in [-0.15, -0.1) is 0 Å². The molecule has 0 aliphatic rings. The number of methoxy groups -OCH3 is 3. The minimum absolute atomic E-state index is 0.0994. The van der Waals surface area contributed by atoms with Crippen LogP contribution in [0.2, 0.25) is 5.02 Å². The van der Waals surface area contributed by atoms with Crippen LogP contribution in [0.4, 0.5) is 11.4 Å². The van der Waals surface area contributed by atoms with Gasteiger partial charge in [0.25, 0.3) is 5.69 Å². The molecule has 9 heteroatoms. The number of hydrogen-bond acceptors (Lipinski definition) is 7. The Morgan fingerprint density at radius 3 is 2.30 bits per heavy atom. The van der Waals surface area contributed by atoms with Crippen LogP contribution in [0.15, 0.2) is 70.1 Å². The molecule has 168 valence electrons. The zero-order valence-electron chi connectivity index (χ0n) is 18.0. The third-order valence-electron chi connectivity index (χ3n) is 4.99. The highest BCUT2D eigenvalue weighted by molar-refractivity contribution is 6.31. The molecule has 3 aromatic carbocycles. The highest BCUT2D eigenvalue weighted by Crippen LogP contribution is 2.34. The number of nitro groups is 1. The number of hydrogen-bond donors (Lipinski definition) is 0. The SMILES string of the molecule is COc1ccc([N+](=O)[O-])cc1N=c1cc(-c2ccc(OC)c(OC)c2)oc2ccc(Cl)cc12. The number of non-ortho nitro benzene ring substituents is 1. The van der Waals surface area contributed by atoms with Crippen molar-refractivity contribution >= 4 is 33.9 Å². The molecule has 8 nitrogen and oxygen atoms in total. The Hall–Kier alpha value is -4.04. The van der Waals surface area contributed by atoms with E-state index in [0.717, 1.165) is 5.56 Å². The van der Waals surface area contributed by atoms with E-state index in [0.29, 0.717) is 50.0 Å². The Kier molecular flexibility index (Phi) is 6.19. The first-order valence-corrected chi connectivity index (χ1v) is 10.1. The first-order chi connectivity index (χ1) is 15.9. The monoisotopic (exact) mass is 466 g/mol. The second-order valence-electron chi connectivity index (χ2n) is 6.93. The van der Waals surface area contributed by atoms with Gasteiger partial charge in [0.2, 0.25) is 0 Å². The molecular formula is C24H19ClN2O6. The summed E-state index contributed by atoms with van der Waals surface area (Å²) in [7, 11) is 4.59. The molecule has 4 rings (SSSR count). The zero-order chi connectivity index (χ0) is 23.5. The summed E-state index contributed by atoms with van der Waals surface area (Å²) in [5.74, 6) is 2.03. The quantitative estimate of drug-likeness (QED) is 0.258. The molecule has 0 fully saturated rings. The second kappa shape index (κ2) is 9.22. The summed E-state index contributed by atoms with van der Waals surface area (Å²) in [6, 6.07) is 16.5. The van der Waals surface area contributed by atoms with Crippen molar-refractivity contribution in [2.24, 2.45) is 4.99 Å². The molecule has 0 amide bonds. The lowest BCUT2D eigenvalue weighted by molar-refractivity contribution is -0.384. The van der Waals surface area contributed by atoms with Crippen LogP contribution in [0.1, 0.15) is 0 Å². The lowest BCUT2D eigenvalue weighted by atomic mass is 10.1. The molecule has 1 heterocycles. The average molecular weight is 467 g/mol. The van der Waals surface area contributed by atoms with Gasteiger partial charge >= 0.3 is 0 Å². The summed E-state index contributed by atoms with van der Waals surface area (Å²) < 4.78 is 22.2.